The molecule has 1 aromatic carbocycles. The molecule has 2 heterocycles. The van der Waals surface area contributed by atoms with Crippen molar-refractivity contribution in [3.63, 3.8) is 0 Å². The Morgan fingerprint density at radius 3 is 2.89 bits per heavy atom. The fourth-order valence-corrected chi connectivity index (χ4v) is 2.59. The number of benzene rings is 1. The smallest absolute Gasteiger partial charge is 0.184 e. The van der Waals surface area contributed by atoms with Crippen molar-refractivity contribution in [1.82, 2.24) is 0 Å². The first kappa shape index (κ1) is 12.5. The van der Waals surface area contributed by atoms with Crippen molar-refractivity contribution in [2.24, 2.45) is 5.92 Å². The van der Waals surface area contributed by atoms with Gasteiger partial charge in [-0.05, 0) is 12.5 Å². The van der Waals surface area contributed by atoms with Gasteiger partial charge in [-0.1, -0.05) is 36.4 Å². The molecular formula is C16H18O3. The summed E-state index contributed by atoms with van der Waals surface area (Å²) >= 11 is 0. The summed E-state index contributed by atoms with van der Waals surface area (Å²) in [5.41, 5.74) is 1.05. The van der Waals surface area contributed by atoms with E-state index in [0.717, 1.165) is 12.0 Å². The number of ether oxygens (including phenoxy) is 3. The molecule has 0 N–H and O–H groups in total. The molecule has 1 saturated heterocycles. The highest BCUT2D eigenvalue weighted by molar-refractivity contribution is 5.16. The monoisotopic (exact) mass is 258 g/mol. The summed E-state index contributed by atoms with van der Waals surface area (Å²) in [5.74, 6) is 0.311. The van der Waals surface area contributed by atoms with E-state index in [4.69, 9.17) is 14.2 Å². The Morgan fingerprint density at radius 2 is 2.11 bits per heavy atom. The van der Waals surface area contributed by atoms with Crippen LogP contribution in [0.2, 0.25) is 0 Å². The minimum absolute atomic E-state index is 0.0186. The lowest BCUT2D eigenvalue weighted by Gasteiger charge is -2.41. The molecule has 0 spiro atoms. The van der Waals surface area contributed by atoms with Crippen LogP contribution < -0.4 is 0 Å². The van der Waals surface area contributed by atoms with Crippen molar-refractivity contribution in [3.8, 4) is 0 Å². The van der Waals surface area contributed by atoms with Gasteiger partial charge in [-0.25, -0.2) is 0 Å². The quantitative estimate of drug-likeness (QED) is 0.779. The second-order valence-corrected chi connectivity index (χ2v) is 4.87. The highest BCUT2D eigenvalue weighted by Crippen LogP contribution is 2.34. The Bertz CT molecular complexity index is 454. The Balaban J connectivity index is 1.76. The van der Waals surface area contributed by atoms with Gasteiger partial charge in [0, 0.05) is 11.5 Å². The molecular weight excluding hydrogens is 240 g/mol. The van der Waals surface area contributed by atoms with Crippen molar-refractivity contribution in [1.29, 1.82) is 0 Å². The molecule has 1 unspecified atom stereocenters. The number of hydrogen-bond donors (Lipinski definition) is 0. The SMILES string of the molecule is C=CC[C@@H]1C=CO[C@@H]2COC(c3ccccc3)O[C@@H]12. The fourth-order valence-electron chi connectivity index (χ4n) is 2.59. The van der Waals surface area contributed by atoms with Crippen molar-refractivity contribution in [2.45, 2.75) is 24.9 Å². The van der Waals surface area contributed by atoms with E-state index in [0.29, 0.717) is 12.5 Å². The van der Waals surface area contributed by atoms with Crippen LogP contribution in [0.3, 0.4) is 0 Å². The Morgan fingerprint density at radius 1 is 1.26 bits per heavy atom. The fraction of sp³-hybridized carbons (Fsp3) is 0.375. The van der Waals surface area contributed by atoms with Crippen LogP contribution in [0.4, 0.5) is 0 Å². The predicted molar refractivity (Wildman–Crippen MR) is 72.3 cm³/mol. The van der Waals surface area contributed by atoms with E-state index in [9.17, 15) is 0 Å². The normalized spacial score (nSPS) is 33.3. The van der Waals surface area contributed by atoms with Gasteiger partial charge in [-0.3, -0.25) is 0 Å². The molecule has 0 aromatic heterocycles. The maximum atomic E-state index is 6.10. The van der Waals surface area contributed by atoms with Crippen molar-refractivity contribution in [2.75, 3.05) is 6.61 Å². The molecule has 0 bridgehead atoms. The zero-order valence-electron chi connectivity index (χ0n) is 10.8. The molecule has 3 heteroatoms. The first-order valence-corrected chi connectivity index (χ1v) is 6.63. The Labute approximate surface area is 113 Å². The molecule has 0 radical (unpaired) electrons. The number of fused-ring (bicyclic) bond motifs is 1. The van der Waals surface area contributed by atoms with E-state index >= 15 is 0 Å². The first-order chi connectivity index (χ1) is 9.38. The van der Waals surface area contributed by atoms with Crippen molar-refractivity contribution >= 4 is 0 Å². The van der Waals surface area contributed by atoms with Gasteiger partial charge < -0.3 is 14.2 Å². The molecule has 2 aliphatic heterocycles. The Kier molecular flexibility index (Phi) is 3.67. The molecule has 2 aliphatic rings. The van der Waals surface area contributed by atoms with Gasteiger partial charge in [0.25, 0.3) is 0 Å². The molecule has 1 fully saturated rings. The van der Waals surface area contributed by atoms with Crippen LogP contribution in [0.5, 0.6) is 0 Å². The van der Waals surface area contributed by atoms with Crippen LogP contribution in [0.15, 0.2) is 55.3 Å². The van der Waals surface area contributed by atoms with Gasteiger partial charge >= 0.3 is 0 Å². The number of hydrogen-bond acceptors (Lipinski definition) is 3. The summed E-state index contributed by atoms with van der Waals surface area (Å²) in [6.45, 7) is 4.37. The topological polar surface area (TPSA) is 27.7 Å². The molecule has 0 aliphatic carbocycles. The third-order valence-electron chi connectivity index (χ3n) is 3.57. The zero-order valence-corrected chi connectivity index (χ0v) is 10.8. The summed E-state index contributed by atoms with van der Waals surface area (Å²) in [7, 11) is 0. The van der Waals surface area contributed by atoms with Gasteiger partial charge in [0.15, 0.2) is 6.29 Å². The highest BCUT2D eigenvalue weighted by Gasteiger charge is 2.39. The lowest BCUT2D eigenvalue weighted by atomic mass is 9.92. The van der Waals surface area contributed by atoms with Gasteiger partial charge in [-0.15, -0.1) is 6.58 Å². The maximum Gasteiger partial charge on any atom is 0.184 e. The van der Waals surface area contributed by atoms with E-state index in [1.54, 1.807) is 6.26 Å². The molecule has 100 valence electrons. The third-order valence-corrected chi connectivity index (χ3v) is 3.57. The maximum absolute atomic E-state index is 6.10. The van der Waals surface area contributed by atoms with Gasteiger partial charge in [0.2, 0.25) is 0 Å². The minimum atomic E-state index is -0.301. The third kappa shape index (κ3) is 2.57. The Hall–Kier alpha value is -1.58. The summed E-state index contributed by atoms with van der Waals surface area (Å²) in [6.07, 6.45) is 6.33. The molecule has 19 heavy (non-hydrogen) atoms. The van der Waals surface area contributed by atoms with E-state index < -0.39 is 0 Å². The average molecular weight is 258 g/mol. The summed E-state index contributed by atoms with van der Waals surface area (Å²) < 4.78 is 17.4. The zero-order chi connectivity index (χ0) is 13.1. The van der Waals surface area contributed by atoms with Gasteiger partial charge in [-0.2, -0.15) is 0 Å². The van der Waals surface area contributed by atoms with Gasteiger partial charge in [0.1, 0.15) is 12.2 Å². The second-order valence-electron chi connectivity index (χ2n) is 4.87. The van der Waals surface area contributed by atoms with Crippen LogP contribution >= 0.6 is 0 Å². The molecule has 1 aromatic rings. The minimum Gasteiger partial charge on any atom is -0.493 e. The molecule has 3 rings (SSSR count). The molecule has 4 atom stereocenters. The van der Waals surface area contributed by atoms with E-state index in [1.165, 1.54) is 0 Å². The average Bonchev–Trinajstić information content (AvgIpc) is 2.48. The van der Waals surface area contributed by atoms with E-state index in [1.807, 2.05) is 36.4 Å². The molecule has 0 amide bonds. The van der Waals surface area contributed by atoms with Crippen LogP contribution in [0.25, 0.3) is 0 Å². The highest BCUT2D eigenvalue weighted by atomic mass is 16.7. The predicted octanol–water partition coefficient (Wildman–Crippen LogP) is 3.21. The standard InChI is InChI=1S/C16H18O3/c1-2-6-12-9-10-17-14-11-18-16(19-15(12)14)13-7-4-3-5-8-13/h2-5,7-10,12,14-16H,1,6,11H2/t12-,14-,15+,16?/m1/s1. The largest absolute Gasteiger partial charge is 0.493 e. The molecule has 3 nitrogen and oxygen atoms in total. The summed E-state index contributed by atoms with van der Waals surface area (Å²) in [5, 5.41) is 0. The first-order valence-electron chi connectivity index (χ1n) is 6.63. The summed E-state index contributed by atoms with van der Waals surface area (Å²) in [4.78, 5) is 0. The lowest BCUT2D eigenvalue weighted by Crippen LogP contribution is -2.46. The lowest BCUT2D eigenvalue weighted by molar-refractivity contribution is -0.269. The van der Waals surface area contributed by atoms with Crippen LogP contribution in [0, 0.1) is 5.92 Å². The number of rotatable bonds is 3. The van der Waals surface area contributed by atoms with Gasteiger partial charge in [0.05, 0.1) is 12.9 Å². The van der Waals surface area contributed by atoms with E-state index in [2.05, 4.69) is 12.7 Å². The van der Waals surface area contributed by atoms with Crippen molar-refractivity contribution < 1.29 is 14.2 Å². The number of allylic oxidation sites excluding steroid dienone is 1. The van der Waals surface area contributed by atoms with Crippen LogP contribution in [0.1, 0.15) is 18.3 Å². The summed E-state index contributed by atoms with van der Waals surface area (Å²) in [6, 6.07) is 10.0. The van der Waals surface area contributed by atoms with Crippen molar-refractivity contribution in [3.05, 3.63) is 60.9 Å². The van der Waals surface area contributed by atoms with Crippen LogP contribution in [-0.2, 0) is 14.2 Å². The van der Waals surface area contributed by atoms with E-state index in [-0.39, 0.29) is 18.5 Å². The molecule has 0 saturated carbocycles. The second kappa shape index (κ2) is 5.59. The van der Waals surface area contributed by atoms with Crippen LogP contribution in [-0.4, -0.2) is 18.8 Å².